The van der Waals surface area contributed by atoms with Crippen molar-refractivity contribution < 1.29 is 4.79 Å². The first-order valence-electron chi connectivity index (χ1n) is 3.11. The lowest BCUT2D eigenvalue weighted by Gasteiger charge is -2.10. The van der Waals surface area contributed by atoms with Crippen LogP contribution in [0.5, 0.6) is 0 Å². The number of ketones is 1. The van der Waals surface area contributed by atoms with Gasteiger partial charge in [-0.15, -0.1) is 0 Å². The average Bonchev–Trinajstić information content (AvgIpc) is 1.87. The molecule has 0 aliphatic heterocycles. The highest BCUT2D eigenvalue weighted by atomic mass is 16.1. The molecule has 2 N–H and O–H groups in total. The number of Topliss-reactive ketones (excluding diaryl/α,β-unsaturated/α-hetero) is 1. The molecule has 0 aromatic rings. The molecule has 9 heavy (non-hydrogen) atoms. The van der Waals surface area contributed by atoms with E-state index < -0.39 is 0 Å². The van der Waals surface area contributed by atoms with E-state index in [1.807, 2.05) is 18.9 Å². The first kappa shape index (κ1) is 8.59. The molecule has 0 aromatic heterocycles. The number of likely N-dealkylation sites (N-methyl/N-ethyl adjacent to an activating group) is 1. The molecule has 0 radical (unpaired) electrons. The van der Waals surface area contributed by atoms with Gasteiger partial charge in [-0.05, 0) is 13.6 Å². The summed E-state index contributed by atoms with van der Waals surface area (Å²) in [5, 5.41) is 0. The van der Waals surface area contributed by atoms with E-state index >= 15 is 0 Å². The normalized spacial score (nSPS) is 10.2. The minimum Gasteiger partial charge on any atom is -0.324 e. The molecule has 54 valence electrons. The van der Waals surface area contributed by atoms with E-state index in [-0.39, 0.29) is 12.3 Å². The van der Waals surface area contributed by atoms with Gasteiger partial charge in [0.05, 0.1) is 13.1 Å². The van der Waals surface area contributed by atoms with Gasteiger partial charge in [-0.25, -0.2) is 0 Å². The predicted octanol–water partition coefficient (Wildman–Crippen LogP) is -0.534. The molecule has 3 nitrogen and oxygen atoms in total. The Hall–Kier alpha value is -0.410. The van der Waals surface area contributed by atoms with Crippen LogP contribution in [0.25, 0.3) is 0 Å². The first-order chi connectivity index (χ1) is 4.20. The van der Waals surface area contributed by atoms with Gasteiger partial charge in [-0.2, -0.15) is 0 Å². The van der Waals surface area contributed by atoms with Gasteiger partial charge in [-0.1, -0.05) is 6.92 Å². The minimum atomic E-state index is 0.0966. The maximum Gasteiger partial charge on any atom is 0.160 e. The Balaban J connectivity index is 3.34. The monoisotopic (exact) mass is 130 g/mol. The molecule has 0 fully saturated rings. The zero-order valence-corrected chi connectivity index (χ0v) is 6.05. The highest BCUT2D eigenvalue weighted by molar-refractivity contribution is 5.82. The lowest BCUT2D eigenvalue weighted by molar-refractivity contribution is -0.118. The Labute approximate surface area is 55.8 Å². The summed E-state index contributed by atoms with van der Waals surface area (Å²) >= 11 is 0. The van der Waals surface area contributed by atoms with Crippen LogP contribution in [-0.4, -0.2) is 37.4 Å². The van der Waals surface area contributed by atoms with E-state index in [1.54, 1.807) is 0 Å². The van der Waals surface area contributed by atoms with Crippen molar-refractivity contribution in [1.82, 2.24) is 4.90 Å². The molecule has 0 bridgehead atoms. The van der Waals surface area contributed by atoms with E-state index in [1.165, 1.54) is 0 Å². The first-order valence-corrected chi connectivity index (χ1v) is 3.11. The number of nitrogens with zero attached hydrogens (tertiary/aromatic N) is 1. The lowest BCUT2D eigenvalue weighted by Crippen LogP contribution is -2.29. The zero-order valence-electron chi connectivity index (χ0n) is 6.05. The second-order valence-electron chi connectivity index (χ2n) is 2.07. The Bertz CT molecular complexity index is 93.1. The van der Waals surface area contributed by atoms with Crippen molar-refractivity contribution in [2.45, 2.75) is 6.92 Å². The molecule has 0 spiro atoms. The SMILES string of the molecule is CCN(C)CC(=O)CN. The zero-order chi connectivity index (χ0) is 7.28. The summed E-state index contributed by atoms with van der Waals surface area (Å²) in [5.41, 5.74) is 5.10. The van der Waals surface area contributed by atoms with Crippen molar-refractivity contribution in [1.29, 1.82) is 0 Å². The Kier molecular flexibility index (Phi) is 4.26. The summed E-state index contributed by atoms with van der Waals surface area (Å²) in [6, 6.07) is 0. The second kappa shape index (κ2) is 4.47. The minimum absolute atomic E-state index is 0.0966. The van der Waals surface area contributed by atoms with Crippen LogP contribution in [0.15, 0.2) is 0 Å². The van der Waals surface area contributed by atoms with Gasteiger partial charge >= 0.3 is 0 Å². The van der Waals surface area contributed by atoms with E-state index in [2.05, 4.69) is 0 Å². The van der Waals surface area contributed by atoms with Crippen LogP contribution in [0.1, 0.15) is 6.92 Å². The van der Waals surface area contributed by atoms with Gasteiger partial charge in [0.15, 0.2) is 5.78 Å². The molecule has 3 heteroatoms. The fraction of sp³-hybridized carbons (Fsp3) is 0.833. The average molecular weight is 130 g/mol. The van der Waals surface area contributed by atoms with Crippen LogP contribution in [-0.2, 0) is 4.79 Å². The van der Waals surface area contributed by atoms with Crippen molar-refractivity contribution in [2.24, 2.45) is 5.73 Å². The highest BCUT2D eigenvalue weighted by Gasteiger charge is 2.00. The topological polar surface area (TPSA) is 46.3 Å². The third-order valence-corrected chi connectivity index (χ3v) is 1.21. The van der Waals surface area contributed by atoms with Gasteiger partial charge in [-0.3, -0.25) is 9.69 Å². The number of hydrogen-bond donors (Lipinski definition) is 1. The fourth-order valence-corrected chi connectivity index (χ4v) is 0.477. The summed E-state index contributed by atoms with van der Waals surface area (Å²) in [5.74, 6) is 0.0966. The maximum absolute atomic E-state index is 10.6. The molecular formula is C6H14N2O. The molecule has 0 atom stereocenters. The van der Waals surface area contributed by atoms with Crippen LogP contribution >= 0.6 is 0 Å². The lowest BCUT2D eigenvalue weighted by atomic mass is 10.4. The molecule has 0 aromatic carbocycles. The van der Waals surface area contributed by atoms with Crippen LogP contribution in [0, 0.1) is 0 Å². The number of hydrogen-bond acceptors (Lipinski definition) is 3. The van der Waals surface area contributed by atoms with Crippen LogP contribution in [0.2, 0.25) is 0 Å². The smallest absolute Gasteiger partial charge is 0.160 e. The standard InChI is InChI=1S/C6H14N2O/c1-3-8(2)5-6(9)4-7/h3-5,7H2,1-2H3. The van der Waals surface area contributed by atoms with Crippen LogP contribution < -0.4 is 5.73 Å². The highest BCUT2D eigenvalue weighted by Crippen LogP contribution is 1.79. The molecule has 0 saturated carbocycles. The molecular weight excluding hydrogens is 116 g/mol. The van der Waals surface area contributed by atoms with Gasteiger partial charge in [0, 0.05) is 0 Å². The quantitative estimate of drug-likeness (QED) is 0.556. The van der Waals surface area contributed by atoms with E-state index in [0.717, 1.165) is 6.54 Å². The fourth-order valence-electron chi connectivity index (χ4n) is 0.477. The van der Waals surface area contributed by atoms with Crippen LogP contribution in [0.3, 0.4) is 0 Å². The third kappa shape index (κ3) is 4.12. The number of nitrogens with two attached hydrogens (primary N) is 1. The molecule has 0 heterocycles. The van der Waals surface area contributed by atoms with Gasteiger partial charge in [0.25, 0.3) is 0 Å². The molecule has 0 aliphatic rings. The summed E-state index contributed by atoms with van der Waals surface area (Å²) < 4.78 is 0. The number of carbonyl (C=O) groups is 1. The molecule has 0 saturated heterocycles. The van der Waals surface area contributed by atoms with E-state index in [4.69, 9.17) is 5.73 Å². The number of carbonyl (C=O) groups excluding carboxylic acids is 1. The molecule has 0 unspecified atom stereocenters. The Morgan fingerprint density at radius 3 is 2.56 bits per heavy atom. The Morgan fingerprint density at radius 1 is 1.67 bits per heavy atom. The predicted molar refractivity (Wildman–Crippen MR) is 37.2 cm³/mol. The van der Waals surface area contributed by atoms with E-state index in [0.29, 0.717) is 6.54 Å². The van der Waals surface area contributed by atoms with E-state index in [9.17, 15) is 4.79 Å². The summed E-state index contributed by atoms with van der Waals surface area (Å²) in [6.07, 6.45) is 0. The summed E-state index contributed by atoms with van der Waals surface area (Å²) in [7, 11) is 1.90. The molecule has 0 aliphatic carbocycles. The maximum atomic E-state index is 10.6. The van der Waals surface area contributed by atoms with Gasteiger partial charge in [0.2, 0.25) is 0 Å². The van der Waals surface area contributed by atoms with Gasteiger partial charge in [0.1, 0.15) is 0 Å². The van der Waals surface area contributed by atoms with Crippen molar-refractivity contribution >= 4 is 5.78 Å². The summed E-state index contributed by atoms with van der Waals surface area (Å²) in [6.45, 7) is 3.53. The van der Waals surface area contributed by atoms with Crippen molar-refractivity contribution in [3.63, 3.8) is 0 Å². The molecule has 0 rings (SSSR count). The largest absolute Gasteiger partial charge is 0.324 e. The Morgan fingerprint density at radius 2 is 2.22 bits per heavy atom. The number of rotatable bonds is 4. The van der Waals surface area contributed by atoms with Gasteiger partial charge < -0.3 is 5.73 Å². The molecule has 0 amide bonds. The van der Waals surface area contributed by atoms with Crippen LogP contribution in [0.4, 0.5) is 0 Å². The van der Waals surface area contributed by atoms with Crippen molar-refractivity contribution in [3.05, 3.63) is 0 Å². The van der Waals surface area contributed by atoms with Crippen molar-refractivity contribution in [2.75, 3.05) is 26.7 Å². The second-order valence-corrected chi connectivity index (χ2v) is 2.07. The van der Waals surface area contributed by atoms with Crippen molar-refractivity contribution in [3.8, 4) is 0 Å². The third-order valence-electron chi connectivity index (χ3n) is 1.21. The summed E-state index contributed by atoms with van der Waals surface area (Å²) in [4.78, 5) is 12.5.